The van der Waals surface area contributed by atoms with Gasteiger partial charge in [0, 0.05) is 16.8 Å². The van der Waals surface area contributed by atoms with E-state index in [1.807, 2.05) is 38.1 Å². The van der Waals surface area contributed by atoms with Crippen LogP contribution in [0.1, 0.15) is 16.8 Å². The smallest absolute Gasteiger partial charge is 0.192 e. The number of nitriles is 1. The first kappa shape index (κ1) is 11.6. The van der Waals surface area contributed by atoms with E-state index < -0.39 is 0 Å². The molecule has 0 fully saturated rings. The number of hydrogen-bond donors (Lipinski definition) is 0. The van der Waals surface area contributed by atoms with Gasteiger partial charge in [0.15, 0.2) is 5.16 Å². The van der Waals surface area contributed by atoms with E-state index in [1.54, 1.807) is 6.20 Å². The van der Waals surface area contributed by atoms with Gasteiger partial charge in [0.2, 0.25) is 0 Å². The summed E-state index contributed by atoms with van der Waals surface area (Å²) in [6, 6.07) is 9.84. The van der Waals surface area contributed by atoms with Crippen LogP contribution in [0.25, 0.3) is 0 Å². The molecule has 0 aliphatic rings. The quantitative estimate of drug-likeness (QED) is 0.758. The van der Waals surface area contributed by atoms with Gasteiger partial charge in [0.05, 0.1) is 5.56 Å². The molecular formula is C13H11N3S. The van der Waals surface area contributed by atoms with Crippen molar-refractivity contribution in [3.63, 3.8) is 0 Å². The van der Waals surface area contributed by atoms with Crippen LogP contribution in [-0.2, 0) is 0 Å². The van der Waals surface area contributed by atoms with Crippen LogP contribution >= 0.6 is 11.8 Å². The van der Waals surface area contributed by atoms with E-state index in [9.17, 15) is 0 Å². The Kier molecular flexibility index (Phi) is 3.40. The lowest BCUT2D eigenvalue weighted by atomic mass is 10.2. The molecule has 84 valence electrons. The monoisotopic (exact) mass is 241 g/mol. The molecule has 3 nitrogen and oxygen atoms in total. The number of hydrogen-bond acceptors (Lipinski definition) is 4. The highest BCUT2D eigenvalue weighted by Crippen LogP contribution is 2.28. The lowest BCUT2D eigenvalue weighted by Gasteiger charge is -2.03. The molecule has 17 heavy (non-hydrogen) atoms. The predicted molar refractivity (Wildman–Crippen MR) is 66.8 cm³/mol. The Morgan fingerprint density at radius 3 is 2.76 bits per heavy atom. The number of aryl methyl sites for hydroxylation is 2. The van der Waals surface area contributed by atoms with E-state index in [2.05, 4.69) is 16.0 Å². The van der Waals surface area contributed by atoms with Crippen LogP contribution in [0.2, 0.25) is 0 Å². The third kappa shape index (κ3) is 2.83. The third-order valence-electron chi connectivity index (χ3n) is 2.23. The Balaban J connectivity index is 2.34. The van der Waals surface area contributed by atoms with E-state index in [4.69, 9.17) is 5.26 Å². The Labute approximate surface area is 105 Å². The molecule has 0 saturated heterocycles. The van der Waals surface area contributed by atoms with Gasteiger partial charge in [-0.25, -0.2) is 9.97 Å². The van der Waals surface area contributed by atoms with Crippen molar-refractivity contribution in [3.05, 3.63) is 47.3 Å². The van der Waals surface area contributed by atoms with Crippen LogP contribution in [0.4, 0.5) is 0 Å². The fraction of sp³-hybridized carbons (Fsp3) is 0.154. The van der Waals surface area contributed by atoms with Crippen LogP contribution in [0.15, 0.2) is 40.5 Å². The van der Waals surface area contributed by atoms with E-state index in [1.165, 1.54) is 11.8 Å². The van der Waals surface area contributed by atoms with Crippen LogP contribution in [-0.4, -0.2) is 9.97 Å². The first-order valence-electron chi connectivity index (χ1n) is 5.17. The van der Waals surface area contributed by atoms with Crippen molar-refractivity contribution in [1.29, 1.82) is 5.26 Å². The number of benzene rings is 1. The molecule has 0 N–H and O–H groups in total. The zero-order valence-electron chi connectivity index (χ0n) is 9.64. The highest BCUT2D eigenvalue weighted by molar-refractivity contribution is 7.99. The summed E-state index contributed by atoms with van der Waals surface area (Å²) in [5.74, 6) is 0. The summed E-state index contributed by atoms with van der Waals surface area (Å²) in [4.78, 5) is 9.38. The van der Waals surface area contributed by atoms with Crippen LogP contribution < -0.4 is 0 Å². The Hall–Kier alpha value is -1.86. The van der Waals surface area contributed by atoms with Crippen LogP contribution in [0.5, 0.6) is 0 Å². The van der Waals surface area contributed by atoms with Gasteiger partial charge in [-0.1, -0.05) is 6.07 Å². The molecule has 2 aromatic rings. The molecular weight excluding hydrogens is 230 g/mol. The van der Waals surface area contributed by atoms with E-state index in [0.717, 1.165) is 16.2 Å². The molecule has 4 heteroatoms. The standard InChI is InChI=1S/C13H11N3S/c1-9-3-4-12(11(7-9)8-14)17-13-15-6-5-10(2)16-13/h3-7H,1-2H3. The Morgan fingerprint density at radius 1 is 1.24 bits per heavy atom. The van der Waals surface area contributed by atoms with Gasteiger partial charge in [-0.05, 0) is 49.4 Å². The Bertz CT molecular complexity index is 587. The third-order valence-corrected chi connectivity index (χ3v) is 3.18. The zero-order chi connectivity index (χ0) is 12.3. The van der Waals surface area contributed by atoms with E-state index >= 15 is 0 Å². The molecule has 2 rings (SSSR count). The highest BCUT2D eigenvalue weighted by atomic mass is 32.2. The maximum Gasteiger partial charge on any atom is 0.192 e. The normalized spacial score (nSPS) is 9.94. The van der Waals surface area contributed by atoms with Crippen molar-refractivity contribution >= 4 is 11.8 Å². The summed E-state index contributed by atoms with van der Waals surface area (Å²) in [7, 11) is 0. The fourth-order valence-electron chi connectivity index (χ4n) is 1.39. The molecule has 0 amide bonds. The molecule has 0 radical (unpaired) electrons. The summed E-state index contributed by atoms with van der Waals surface area (Å²) in [6.07, 6.45) is 1.73. The van der Waals surface area contributed by atoms with Crippen molar-refractivity contribution in [3.8, 4) is 6.07 Å². The van der Waals surface area contributed by atoms with Gasteiger partial charge in [0.1, 0.15) is 6.07 Å². The molecule has 1 heterocycles. The Morgan fingerprint density at radius 2 is 2.06 bits per heavy atom. The van der Waals surface area contributed by atoms with Gasteiger partial charge in [-0.15, -0.1) is 0 Å². The second kappa shape index (κ2) is 4.98. The van der Waals surface area contributed by atoms with Crippen molar-refractivity contribution in [2.45, 2.75) is 23.9 Å². The predicted octanol–water partition coefficient (Wildman–Crippen LogP) is 3.12. The molecule has 0 bridgehead atoms. The highest BCUT2D eigenvalue weighted by Gasteiger charge is 2.06. The summed E-state index contributed by atoms with van der Waals surface area (Å²) >= 11 is 1.42. The summed E-state index contributed by atoms with van der Waals surface area (Å²) in [5, 5.41) is 9.74. The molecule has 0 atom stereocenters. The molecule has 1 aromatic carbocycles. The zero-order valence-corrected chi connectivity index (χ0v) is 10.5. The minimum Gasteiger partial charge on any atom is -0.231 e. The minimum absolute atomic E-state index is 0.667. The van der Waals surface area contributed by atoms with Crippen molar-refractivity contribution in [2.75, 3.05) is 0 Å². The van der Waals surface area contributed by atoms with Gasteiger partial charge in [0.25, 0.3) is 0 Å². The van der Waals surface area contributed by atoms with Crippen LogP contribution in [0, 0.1) is 25.2 Å². The minimum atomic E-state index is 0.667. The van der Waals surface area contributed by atoms with E-state index in [0.29, 0.717) is 10.7 Å². The summed E-state index contributed by atoms with van der Waals surface area (Å²) in [5.41, 5.74) is 2.67. The van der Waals surface area contributed by atoms with Crippen LogP contribution in [0.3, 0.4) is 0 Å². The molecule has 0 spiro atoms. The molecule has 1 aromatic heterocycles. The van der Waals surface area contributed by atoms with Crippen molar-refractivity contribution < 1.29 is 0 Å². The fourth-order valence-corrected chi connectivity index (χ4v) is 2.24. The average molecular weight is 241 g/mol. The van der Waals surface area contributed by atoms with E-state index in [-0.39, 0.29) is 0 Å². The molecule has 0 saturated carbocycles. The van der Waals surface area contributed by atoms with Gasteiger partial charge in [-0.3, -0.25) is 0 Å². The first-order chi connectivity index (χ1) is 8.19. The van der Waals surface area contributed by atoms with Gasteiger partial charge in [-0.2, -0.15) is 5.26 Å². The number of nitrogens with zero attached hydrogens (tertiary/aromatic N) is 3. The van der Waals surface area contributed by atoms with Gasteiger partial charge >= 0.3 is 0 Å². The maximum atomic E-state index is 9.07. The number of aromatic nitrogens is 2. The first-order valence-corrected chi connectivity index (χ1v) is 5.99. The van der Waals surface area contributed by atoms with Gasteiger partial charge < -0.3 is 0 Å². The second-order valence-corrected chi connectivity index (χ2v) is 4.70. The van der Waals surface area contributed by atoms with Crippen molar-refractivity contribution in [1.82, 2.24) is 9.97 Å². The lowest BCUT2D eigenvalue weighted by molar-refractivity contribution is 0.932. The summed E-state index contributed by atoms with van der Waals surface area (Å²) in [6.45, 7) is 3.89. The largest absolute Gasteiger partial charge is 0.231 e. The lowest BCUT2D eigenvalue weighted by Crippen LogP contribution is -1.89. The second-order valence-electron chi connectivity index (χ2n) is 3.69. The molecule has 0 aliphatic carbocycles. The average Bonchev–Trinajstić information content (AvgIpc) is 2.31. The molecule has 0 aliphatic heterocycles. The number of rotatable bonds is 2. The SMILES string of the molecule is Cc1ccc(Sc2nccc(C)n2)c(C#N)c1. The topological polar surface area (TPSA) is 49.6 Å². The maximum absolute atomic E-state index is 9.07. The molecule has 0 unspecified atom stereocenters. The summed E-state index contributed by atoms with van der Waals surface area (Å²) < 4.78 is 0. The van der Waals surface area contributed by atoms with Crippen molar-refractivity contribution in [2.24, 2.45) is 0 Å².